The average molecular weight is 497 g/mol. The monoisotopic (exact) mass is 496 g/mol. The van der Waals surface area contributed by atoms with E-state index in [-0.39, 0.29) is 38.0 Å². The highest BCUT2D eigenvalue weighted by molar-refractivity contribution is 5.92. The minimum atomic E-state index is -1.32. The molecule has 192 valence electrons. The van der Waals surface area contributed by atoms with Crippen LogP contribution in [0.25, 0.3) is 0 Å². The highest BCUT2D eigenvalue weighted by Gasteiger charge is 2.38. The summed E-state index contributed by atoms with van der Waals surface area (Å²) in [4.78, 5) is 51.0. The van der Waals surface area contributed by atoms with Gasteiger partial charge in [0.2, 0.25) is 17.7 Å². The summed E-state index contributed by atoms with van der Waals surface area (Å²) < 4.78 is 0. The summed E-state index contributed by atoms with van der Waals surface area (Å²) in [5.74, 6) is -2.93. The second kappa shape index (κ2) is 11.2. The Morgan fingerprint density at radius 3 is 2.31 bits per heavy atom. The summed E-state index contributed by atoms with van der Waals surface area (Å²) in [7, 11) is 0. The molecule has 0 aromatic heterocycles. The van der Waals surface area contributed by atoms with Crippen molar-refractivity contribution < 1.29 is 29.4 Å². The molecule has 3 rings (SSSR count). The molecule has 2 aromatic rings. The lowest BCUT2D eigenvalue weighted by Crippen LogP contribution is -2.58. The fourth-order valence-electron chi connectivity index (χ4n) is 4.61. The third-order valence-electron chi connectivity index (χ3n) is 6.55. The number of aliphatic carboxylic acids is 1. The Morgan fingerprint density at radius 2 is 1.72 bits per heavy atom. The quantitative estimate of drug-likeness (QED) is 0.339. The van der Waals surface area contributed by atoms with Crippen LogP contribution in [-0.4, -0.2) is 56.9 Å². The number of aromatic hydroxyl groups is 1. The van der Waals surface area contributed by atoms with Crippen molar-refractivity contribution >= 4 is 23.7 Å². The van der Waals surface area contributed by atoms with Gasteiger partial charge in [-0.15, -0.1) is 0 Å². The maximum Gasteiger partial charge on any atom is 0.326 e. The van der Waals surface area contributed by atoms with Crippen molar-refractivity contribution in [2.75, 3.05) is 0 Å². The van der Waals surface area contributed by atoms with E-state index in [9.17, 15) is 29.4 Å². The van der Waals surface area contributed by atoms with Crippen molar-refractivity contribution in [2.45, 2.75) is 64.2 Å². The minimum absolute atomic E-state index is 0.127. The zero-order chi connectivity index (χ0) is 26.6. The number of hydrogen-bond donors (Lipinski definition) is 5. The smallest absolute Gasteiger partial charge is 0.326 e. The number of amides is 3. The van der Waals surface area contributed by atoms with Crippen LogP contribution in [0.5, 0.6) is 5.75 Å². The predicted octanol–water partition coefficient (Wildman–Crippen LogP) is 0.667. The topological polar surface area (TPSA) is 176 Å². The van der Waals surface area contributed by atoms with Gasteiger partial charge in [0.05, 0.1) is 6.04 Å². The van der Waals surface area contributed by atoms with Gasteiger partial charge in [0.15, 0.2) is 0 Å². The number of fused-ring (bicyclic) bond motifs is 1. The summed E-state index contributed by atoms with van der Waals surface area (Å²) in [5, 5.41) is 21.8. The van der Waals surface area contributed by atoms with Gasteiger partial charge in [-0.1, -0.05) is 24.3 Å². The van der Waals surface area contributed by atoms with Gasteiger partial charge in [-0.25, -0.2) is 4.79 Å². The van der Waals surface area contributed by atoms with Crippen LogP contribution in [0.4, 0.5) is 0 Å². The SMILES string of the molecule is Cc1cc(O)cc(C)c1C[C@H](N)C(=O)N1Cc2ccccc2C[C@H]1C(=O)N[C@H](CCC(N)=O)C(=O)O. The number of rotatable bonds is 9. The molecule has 3 atom stereocenters. The molecule has 10 heteroatoms. The lowest BCUT2D eigenvalue weighted by atomic mass is 9.91. The first-order chi connectivity index (χ1) is 17.0. The van der Waals surface area contributed by atoms with E-state index in [1.165, 1.54) is 4.90 Å². The highest BCUT2D eigenvalue weighted by atomic mass is 16.4. The Balaban J connectivity index is 1.85. The number of carbonyl (C=O) groups is 4. The van der Waals surface area contributed by atoms with Crippen LogP contribution in [0.2, 0.25) is 0 Å². The molecule has 0 saturated carbocycles. The van der Waals surface area contributed by atoms with Crippen molar-refractivity contribution in [1.29, 1.82) is 0 Å². The third-order valence-corrected chi connectivity index (χ3v) is 6.55. The molecule has 0 bridgehead atoms. The van der Waals surface area contributed by atoms with Gasteiger partial charge in [0.1, 0.15) is 17.8 Å². The van der Waals surface area contributed by atoms with Crippen molar-refractivity contribution in [3.05, 3.63) is 64.2 Å². The van der Waals surface area contributed by atoms with Gasteiger partial charge in [0, 0.05) is 19.4 Å². The number of aryl methyl sites for hydroxylation is 2. The molecule has 0 aliphatic carbocycles. The van der Waals surface area contributed by atoms with E-state index in [1.807, 2.05) is 38.1 Å². The first kappa shape index (κ1) is 26.7. The first-order valence-electron chi connectivity index (χ1n) is 11.7. The Bertz CT molecular complexity index is 1160. The molecule has 0 unspecified atom stereocenters. The van der Waals surface area contributed by atoms with Crippen LogP contribution in [0, 0.1) is 13.8 Å². The maximum absolute atomic E-state index is 13.5. The number of nitrogens with one attached hydrogen (secondary N) is 1. The summed E-state index contributed by atoms with van der Waals surface area (Å²) >= 11 is 0. The lowest BCUT2D eigenvalue weighted by Gasteiger charge is -2.38. The van der Waals surface area contributed by atoms with E-state index in [0.29, 0.717) is 0 Å². The zero-order valence-electron chi connectivity index (χ0n) is 20.4. The molecule has 7 N–H and O–H groups in total. The van der Waals surface area contributed by atoms with Crippen molar-refractivity contribution in [3.8, 4) is 5.75 Å². The molecular weight excluding hydrogens is 464 g/mol. The number of carbonyl (C=O) groups excluding carboxylic acids is 3. The van der Waals surface area contributed by atoms with E-state index in [4.69, 9.17) is 11.5 Å². The zero-order valence-corrected chi connectivity index (χ0v) is 20.4. The Hall–Kier alpha value is -3.92. The van der Waals surface area contributed by atoms with Crippen LogP contribution in [0.1, 0.15) is 40.7 Å². The molecule has 0 radical (unpaired) electrons. The second-order valence-electron chi connectivity index (χ2n) is 9.23. The predicted molar refractivity (Wildman–Crippen MR) is 132 cm³/mol. The number of carboxylic acids is 1. The van der Waals surface area contributed by atoms with Crippen LogP contribution in [-0.2, 0) is 38.6 Å². The molecule has 1 heterocycles. The van der Waals surface area contributed by atoms with Gasteiger partial charge >= 0.3 is 5.97 Å². The van der Waals surface area contributed by atoms with Crippen LogP contribution >= 0.6 is 0 Å². The number of primary amides is 1. The van der Waals surface area contributed by atoms with E-state index in [2.05, 4.69) is 5.32 Å². The summed E-state index contributed by atoms with van der Waals surface area (Å²) in [5.41, 5.74) is 15.7. The van der Waals surface area contributed by atoms with Gasteiger partial charge < -0.3 is 31.9 Å². The number of phenols is 1. The van der Waals surface area contributed by atoms with Gasteiger partial charge in [-0.05, 0) is 66.6 Å². The Labute approximate surface area is 209 Å². The molecule has 36 heavy (non-hydrogen) atoms. The van der Waals surface area contributed by atoms with Crippen LogP contribution in [0.15, 0.2) is 36.4 Å². The molecule has 3 amide bonds. The Kier molecular flexibility index (Phi) is 8.31. The van der Waals surface area contributed by atoms with Crippen molar-refractivity contribution in [3.63, 3.8) is 0 Å². The number of carboxylic acid groups (broad SMARTS) is 1. The van der Waals surface area contributed by atoms with Gasteiger partial charge in [0.25, 0.3) is 0 Å². The number of benzene rings is 2. The van der Waals surface area contributed by atoms with Crippen LogP contribution in [0.3, 0.4) is 0 Å². The first-order valence-corrected chi connectivity index (χ1v) is 11.7. The normalized spacial score (nSPS) is 16.5. The number of nitrogens with zero attached hydrogens (tertiary/aromatic N) is 1. The molecular formula is C26H32N4O6. The lowest BCUT2D eigenvalue weighted by molar-refractivity contribution is -0.146. The van der Waals surface area contributed by atoms with E-state index in [1.54, 1.807) is 12.1 Å². The number of hydrogen-bond acceptors (Lipinski definition) is 6. The maximum atomic E-state index is 13.5. The minimum Gasteiger partial charge on any atom is -0.508 e. The van der Waals surface area contributed by atoms with E-state index in [0.717, 1.165) is 27.8 Å². The number of phenolic OH excluding ortho intramolecular Hbond substituents is 1. The fraction of sp³-hybridized carbons (Fsp3) is 0.385. The Morgan fingerprint density at radius 1 is 1.11 bits per heavy atom. The molecule has 0 spiro atoms. The summed E-state index contributed by atoms with van der Waals surface area (Å²) in [6.45, 7) is 3.79. The third kappa shape index (κ3) is 6.19. The van der Waals surface area contributed by atoms with Crippen molar-refractivity contribution in [1.82, 2.24) is 10.2 Å². The van der Waals surface area contributed by atoms with E-state index >= 15 is 0 Å². The fourth-order valence-corrected chi connectivity index (χ4v) is 4.61. The second-order valence-corrected chi connectivity index (χ2v) is 9.23. The summed E-state index contributed by atoms with van der Waals surface area (Å²) in [6, 6.07) is 7.35. The molecule has 1 aliphatic rings. The molecule has 1 aliphatic heterocycles. The van der Waals surface area contributed by atoms with E-state index < -0.39 is 41.8 Å². The number of nitrogens with two attached hydrogens (primary N) is 2. The van der Waals surface area contributed by atoms with Crippen LogP contribution < -0.4 is 16.8 Å². The summed E-state index contributed by atoms with van der Waals surface area (Å²) in [6.07, 6.45) is 0.0374. The van der Waals surface area contributed by atoms with Crippen molar-refractivity contribution in [2.24, 2.45) is 11.5 Å². The molecule has 0 fully saturated rings. The highest BCUT2D eigenvalue weighted by Crippen LogP contribution is 2.26. The molecule has 0 saturated heterocycles. The van der Waals surface area contributed by atoms with Gasteiger partial charge in [-0.2, -0.15) is 0 Å². The average Bonchev–Trinajstić information content (AvgIpc) is 2.81. The molecule has 2 aromatic carbocycles. The molecule has 10 nitrogen and oxygen atoms in total. The largest absolute Gasteiger partial charge is 0.508 e. The standard InChI is InChI=1S/C26H32N4O6/c1-14-9-18(31)10-15(2)19(14)12-20(27)25(34)30-13-17-6-4-3-5-16(17)11-22(30)24(33)29-21(26(35)36)7-8-23(28)32/h3-6,9-10,20-22,31H,7-8,11-13,27H2,1-2H3,(H2,28,32)(H,29,33)(H,35,36)/t20-,21+,22-/m0/s1. The van der Waals surface area contributed by atoms with Gasteiger partial charge in [-0.3, -0.25) is 14.4 Å².